The summed E-state index contributed by atoms with van der Waals surface area (Å²) in [5, 5.41) is 27.6. The monoisotopic (exact) mass is 268 g/mol. The Morgan fingerprint density at radius 2 is 1.58 bits per heavy atom. The molecule has 0 spiro atoms. The van der Waals surface area contributed by atoms with Crippen LogP contribution in [0, 0.1) is 5.41 Å². The SMILES string of the molecule is CC(C)(C)C(=O)COC(=O)c1cc(O)c(O)c(O)c1. The van der Waals surface area contributed by atoms with Gasteiger partial charge in [-0.3, -0.25) is 4.79 Å². The first-order valence-electron chi connectivity index (χ1n) is 5.58. The zero-order chi connectivity index (χ0) is 14.8. The van der Waals surface area contributed by atoms with Crippen LogP contribution >= 0.6 is 0 Å². The molecule has 0 heterocycles. The molecule has 0 saturated heterocycles. The number of carbonyl (C=O) groups is 2. The number of Topliss-reactive ketones (excluding diaryl/α,β-unsaturated/α-hetero) is 1. The Balaban J connectivity index is 2.78. The van der Waals surface area contributed by atoms with Crippen LogP contribution in [0.1, 0.15) is 31.1 Å². The summed E-state index contributed by atoms with van der Waals surface area (Å²) in [5.74, 6) is -3.14. The van der Waals surface area contributed by atoms with Crippen LogP contribution in [0.2, 0.25) is 0 Å². The van der Waals surface area contributed by atoms with Gasteiger partial charge in [-0.2, -0.15) is 0 Å². The van der Waals surface area contributed by atoms with Crippen molar-refractivity contribution in [3.05, 3.63) is 17.7 Å². The maximum atomic E-state index is 11.6. The van der Waals surface area contributed by atoms with Crippen LogP contribution in [0.5, 0.6) is 17.2 Å². The second-order valence-electron chi connectivity index (χ2n) is 5.11. The predicted molar refractivity (Wildman–Crippen MR) is 66.2 cm³/mol. The van der Waals surface area contributed by atoms with Crippen LogP contribution in [0.25, 0.3) is 0 Å². The molecule has 6 heteroatoms. The first-order chi connectivity index (χ1) is 8.62. The average Bonchev–Trinajstić information content (AvgIpc) is 2.30. The summed E-state index contributed by atoms with van der Waals surface area (Å²) in [5.41, 5.74) is -0.783. The molecule has 0 saturated carbocycles. The minimum absolute atomic E-state index is 0.158. The number of benzene rings is 1. The molecule has 3 N–H and O–H groups in total. The van der Waals surface area contributed by atoms with Gasteiger partial charge in [0.2, 0.25) is 0 Å². The summed E-state index contributed by atoms with van der Waals surface area (Å²) < 4.78 is 4.77. The molecule has 6 nitrogen and oxygen atoms in total. The second-order valence-corrected chi connectivity index (χ2v) is 5.11. The van der Waals surface area contributed by atoms with Crippen molar-refractivity contribution < 1.29 is 29.6 Å². The van der Waals surface area contributed by atoms with E-state index in [9.17, 15) is 19.8 Å². The van der Waals surface area contributed by atoms with Crippen LogP contribution in [0.4, 0.5) is 0 Å². The summed E-state index contributed by atoms with van der Waals surface area (Å²) in [4.78, 5) is 23.2. The highest BCUT2D eigenvalue weighted by molar-refractivity contribution is 5.93. The molecule has 0 aliphatic carbocycles. The Morgan fingerprint density at radius 1 is 1.11 bits per heavy atom. The Hall–Kier alpha value is -2.24. The van der Waals surface area contributed by atoms with E-state index in [1.54, 1.807) is 20.8 Å². The fraction of sp³-hybridized carbons (Fsp3) is 0.385. The summed E-state index contributed by atoms with van der Waals surface area (Å²) in [6.45, 7) is 4.69. The van der Waals surface area contributed by atoms with Crippen LogP contribution in [-0.4, -0.2) is 33.7 Å². The number of phenols is 3. The lowest BCUT2D eigenvalue weighted by Gasteiger charge is -2.16. The van der Waals surface area contributed by atoms with Crippen molar-refractivity contribution in [2.45, 2.75) is 20.8 Å². The predicted octanol–water partition coefficient (Wildman–Crippen LogP) is 1.58. The maximum absolute atomic E-state index is 11.6. The number of ketones is 1. The molecule has 0 radical (unpaired) electrons. The normalized spacial score (nSPS) is 11.1. The number of phenolic OH excluding ortho intramolecular Hbond substituents is 3. The quantitative estimate of drug-likeness (QED) is 0.568. The van der Waals surface area contributed by atoms with Gasteiger partial charge in [-0.15, -0.1) is 0 Å². The van der Waals surface area contributed by atoms with E-state index in [2.05, 4.69) is 0 Å². The molecule has 0 aliphatic rings. The van der Waals surface area contributed by atoms with Crippen molar-refractivity contribution in [1.82, 2.24) is 0 Å². The molecule has 0 aliphatic heterocycles. The maximum Gasteiger partial charge on any atom is 0.338 e. The molecule has 0 atom stereocenters. The lowest BCUT2D eigenvalue weighted by Crippen LogP contribution is -2.26. The summed E-state index contributed by atoms with van der Waals surface area (Å²) in [6, 6.07) is 1.89. The van der Waals surface area contributed by atoms with E-state index in [0.29, 0.717) is 0 Å². The van der Waals surface area contributed by atoms with E-state index >= 15 is 0 Å². The molecule has 0 fully saturated rings. The molecular weight excluding hydrogens is 252 g/mol. The van der Waals surface area contributed by atoms with Gasteiger partial charge in [0.15, 0.2) is 29.6 Å². The minimum Gasteiger partial charge on any atom is -0.504 e. The third-order valence-corrected chi connectivity index (χ3v) is 2.48. The van der Waals surface area contributed by atoms with Crippen molar-refractivity contribution in [1.29, 1.82) is 0 Å². The van der Waals surface area contributed by atoms with Gasteiger partial charge in [-0.25, -0.2) is 4.79 Å². The second kappa shape index (κ2) is 5.17. The highest BCUT2D eigenvalue weighted by atomic mass is 16.5. The van der Waals surface area contributed by atoms with E-state index in [1.807, 2.05) is 0 Å². The third kappa shape index (κ3) is 3.61. The number of aromatic hydroxyl groups is 3. The van der Waals surface area contributed by atoms with Crippen LogP contribution in [0.15, 0.2) is 12.1 Å². The number of hydrogen-bond acceptors (Lipinski definition) is 6. The summed E-state index contributed by atoms with van der Waals surface area (Å²) >= 11 is 0. The van der Waals surface area contributed by atoms with Crippen LogP contribution < -0.4 is 0 Å². The van der Waals surface area contributed by atoms with Gasteiger partial charge in [0.05, 0.1) is 5.56 Å². The molecular formula is C13H16O6. The third-order valence-electron chi connectivity index (χ3n) is 2.48. The largest absolute Gasteiger partial charge is 0.504 e. The number of ether oxygens (including phenoxy) is 1. The molecule has 0 unspecified atom stereocenters. The molecule has 1 aromatic carbocycles. The lowest BCUT2D eigenvalue weighted by molar-refractivity contribution is -0.129. The van der Waals surface area contributed by atoms with Gasteiger partial charge in [0.25, 0.3) is 0 Å². The molecule has 0 amide bonds. The number of hydrogen-bond donors (Lipinski definition) is 3. The lowest BCUT2D eigenvalue weighted by atomic mass is 9.91. The van der Waals surface area contributed by atoms with Gasteiger partial charge in [0, 0.05) is 5.41 Å². The van der Waals surface area contributed by atoms with Gasteiger partial charge < -0.3 is 20.1 Å². The fourth-order valence-corrected chi connectivity index (χ4v) is 1.15. The molecule has 1 rings (SSSR count). The highest BCUT2D eigenvalue weighted by Gasteiger charge is 2.23. The zero-order valence-corrected chi connectivity index (χ0v) is 10.9. The van der Waals surface area contributed by atoms with Gasteiger partial charge in [-0.1, -0.05) is 20.8 Å². The molecule has 1 aromatic rings. The van der Waals surface area contributed by atoms with Gasteiger partial charge in [0.1, 0.15) is 0 Å². The van der Waals surface area contributed by atoms with Crippen molar-refractivity contribution in [2.24, 2.45) is 5.41 Å². The number of rotatable bonds is 3. The van der Waals surface area contributed by atoms with Crippen molar-refractivity contribution in [3.63, 3.8) is 0 Å². The van der Waals surface area contributed by atoms with Crippen LogP contribution in [0.3, 0.4) is 0 Å². The minimum atomic E-state index is -0.872. The topological polar surface area (TPSA) is 104 Å². The van der Waals surface area contributed by atoms with E-state index in [-0.39, 0.29) is 11.3 Å². The van der Waals surface area contributed by atoms with E-state index in [4.69, 9.17) is 9.84 Å². The Kier molecular flexibility index (Phi) is 4.04. The van der Waals surface area contributed by atoms with E-state index < -0.39 is 35.2 Å². The average molecular weight is 268 g/mol. The van der Waals surface area contributed by atoms with Gasteiger partial charge in [-0.05, 0) is 12.1 Å². The smallest absolute Gasteiger partial charge is 0.338 e. The molecule has 19 heavy (non-hydrogen) atoms. The van der Waals surface area contributed by atoms with Gasteiger partial charge >= 0.3 is 5.97 Å². The Morgan fingerprint density at radius 3 is 2.00 bits per heavy atom. The highest BCUT2D eigenvalue weighted by Crippen LogP contribution is 2.35. The Labute approximate surface area is 110 Å². The van der Waals surface area contributed by atoms with E-state index in [1.165, 1.54) is 0 Å². The zero-order valence-electron chi connectivity index (χ0n) is 10.9. The molecule has 104 valence electrons. The first kappa shape index (κ1) is 14.8. The van der Waals surface area contributed by atoms with Crippen LogP contribution in [-0.2, 0) is 9.53 Å². The first-order valence-corrected chi connectivity index (χ1v) is 5.58. The summed E-state index contributed by atoms with van der Waals surface area (Å²) in [7, 11) is 0. The summed E-state index contributed by atoms with van der Waals surface area (Å²) in [6.07, 6.45) is 0. The number of esters is 1. The Bertz CT molecular complexity index is 489. The standard InChI is InChI=1S/C13H16O6/c1-13(2,3)10(16)6-19-12(18)7-4-8(14)11(17)9(15)5-7/h4-5,14-15,17H,6H2,1-3H3. The molecule has 0 bridgehead atoms. The van der Waals surface area contributed by atoms with Crippen molar-refractivity contribution in [2.75, 3.05) is 6.61 Å². The van der Waals surface area contributed by atoms with E-state index in [0.717, 1.165) is 12.1 Å². The fourth-order valence-electron chi connectivity index (χ4n) is 1.15. The molecule has 0 aromatic heterocycles. The number of carbonyl (C=O) groups excluding carboxylic acids is 2. The van der Waals surface area contributed by atoms with Crippen molar-refractivity contribution in [3.8, 4) is 17.2 Å². The van der Waals surface area contributed by atoms with Crippen molar-refractivity contribution >= 4 is 11.8 Å².